The first kappa shape index (κ1) is 14.7. The van der Waals surface area contributed by atoms with Crippen molar-refractivity contribution in [2.24, 2.45) is 0 Å². The molecular weight excluding hydrogens is 296 g/mol. The Morgan fingerprint density at radius 3 is 2.59 bits per heavy atom. The third kappa shape index (κ3) is 2.85. The van der Waals surface area contributed by atoms with Gasteiger partial charge in [-0.15, -0.1) is 11.8 Å². The number of nitrogens with one attached hydrogen (secondary N) is 1. The van der Waals surface area contributed by atoms with Crippen molar-refractivity contribution in [1.29, 1.82) is 0 Å². The molecule has 0 radical (unpaired) electrons. The predicted octanol–water partition coefficient (Wildman–Crippen LogP) is 3.15. The number of carbonyl (C=O) groups excluding carboxylic acids is 2. The molecule has 1 fully saturated rings. The molecule has 0 unspecified atom stereocenters. The van der Waals surface area contributed by atoms with Gasteiger partial charge in [0.2, 0.25) is 5.91 Å². The summed E-state index contributed by atoms with van der Waals surface area (Å²) in [7, 11) is 0. The summed E-state index contributed by atoms with van der Waals surface area (Å²) in [5, 5.41) is 3.17. The molecule has 3 rings (SSSR count). The second-order valence-electron chi connectivity index (χ2n) is 5.04. The SMILES string of the molecule is CSc1cccc(N[C@@H]2CC(=O)N(c3ccccc3)C2=O)c1. The maximum atomic E-state index is 12.5. The minimum atomic E-state index is -0.509. The molecule has 1 atom stereocenters. The van der Waals surface area contributed by atoms with Crippen LogP contribution in [0.5, 0.6) is 0 Å². The Labute approximate surface area is 133 Å². The van der Waals surface area contributed by atoms with Gasteiger partial charge < -0.3 is 5.32 Å². The van der Waals surface area contributed by atoms with Crippen LogP contribution in [-0.2, 0) is 9.59 Å². The van der Waals surface area contributed by atoms with Crippen LogP contribution in [0.15, 0.2) is 59.5 Å². The number of nitrogens with zero attached hydrogens (tertiary/aromatic N) is 1. The number of rotatable bonds is 4. The third-order valence-corrected chi connectivity index (χ3v) is 4.30. The van der Waals surface area contributed by atoms with Crippen molar-refractivity contribution in [3.05, 3.63) is 54.6 Å². The molecule has 1 saturated heterocycles. The van der Waals surface area contributed by atoms with Gasteiger partial charge in [0.25, 0.3) is 5.91 Å². The highest BCUT2D eigenvalue weighted by Gasteiger charge is 2.39. The lowest BCUT2D eigenvalue weighted by Crippen LogP contribution is -2.34. The monoisotopic (exact) mass is 312 g/mol. The first-order valence-corrected chi connectivity index (χ1v) is 8.24. The fourth-order valence-electron chi connectivity index (χ4n) is 2.51. The van der Waals surface area contributed by atoms with Crippen molar-refractivity contribution >= 4 is 35.0 Å². The van der Waals surface area contributed by atoms with Crippen LogP contribution in [-0.4, -0.2) is 24.1 Å². The van der Waals surface area contributed by atoms with Crippen LogP contribution >= 0.6 is 11.8 Å². The Hall–Kier alpha value is -2.27. The Kier molecular flexibility index (Phi) is 4.15. The molecule has 2 aromatic carbocycles. The van der Waals surface area contributed by atoms with Crippen molar-refractivity contribution in [2.45, 2.75) is 17.4 Å². The third-order valence-electron chi connectivity index (χ3n) is 3.57. The molecule has 4 nitrogen and oxygen atoms in total. The van der Waals surface area contributed by atoms with Crippen molar-refractivity contribution < 1.29 is 9.59 Å². The van der Waals surface area contributed by atoms with Gasteiger partial charge in [-0.25, -0.2) is 4.90 Å². The van der Waals surface area contributed by atoms with Crippen LogP contribution in [0, 0.1) is 0 Å². The fourth-order valence-corrected chi connectivity index (χ4v) is 2.97. The zero-order valence-corrected chi connectivity index (χ0v) is 13.0. The van der Waals surface area contributed by atoms with Crippen LogP contribution in [0.3, 0.4) is 0 Å². The van der Waals surface area contributed by atoms with E-state index < -0.39 is 6.04 Å². The topological polar surface area (TPSA) is 49.4 Å². The Morgan fingerprint density at radius 1 is 1.09 bits per heavy atom. The number of amides is 2. The van der Waals surface area contributed by atoms with Crippen LogP contribution in [0.4, 0.5) is 11.4 Å². The summed E-state index contributed by atoms with van der Waals surface area (Å²) in [6.07, 6.45) is 2.18. The van der Waals surface area contributed by atoms with Gasteiger partial charge in [0.1, 0.15) is 6.04 Å². The number of hydrogen-bond donors (Lipinski definition) is 1. The van der Waals surface area contributed by atoms with E-state index in [4.69, 9.17) is 0 Å². The molecule has 5 heteroatoms. The van der Waals surface area contributed by atoms with Crippen LogP contribution in [0.25, 0.3) is 0 Å². The smallest absolute Gasteiger partial charge is 0.256 e. The van der Waals surface area contributed by atoms with Gasteiger partial charge in [-0.05, 0) is 36.6 Å². The van der Waals surface area contributed by atoms with E-state index in [1.165, 1.54) is 4.90 Å². The lowest BCUT2D eigenvalue weighted by molar-refractivity contribution is -0.121. The molecule has 1 aliphatic rings. The highest BCUT2D eigenvalue weighted by atomic mass is 32.2. The summed E-state index contributed by atoms with van der Waals surface area (Å²) >= 11 is 1.64. The minimum absolute atomic E-state index is 0.172. The molecule has 1 N–H and O–H groups in total. The van der Waals surface area contributed by atoms with Gasteiger partial charge in [-0.3, -0.25) is 9.59 Å². The highest BCUT2D eigenvalue weighted by Crippen LogP contribution is 2.26. The number of anilines is 2. The molecule has 2 amide bonds. The van der Waals surface area contributed by atoms with Crippen LogP contribution < -0.4 is 10.2 Å². The Balaban J connectivity index is 1.79. The van der Waals surface area contributed by atoms with E-state index in [-0.39, 0.29) is 18.2 Å². The number of carbonyl (C=O) groups is 2. The largest absolute Gasteiger partial charge is 0.373 e. The Morgan fingerprint density at radius 2 is 1.86 bits per heavy atom. The molecule has 1 heterocycles. The quantitative estimate of drug-likeness (QED) is 0.696. The minimum Gasteiger partial charge on any atom is -0.373 e. The summed E-state index contributed by atoms with van der Waals surface area (Å²) in [4.78, 5) is 27.1. The number of thioether (sulfide) groups is 1. The summed E-state index contributed by atoms with van der Waals surface area (Å²) in [5.41, 5.74) is 1.48. The molecule has 0 spiro atoms. The molecule has 112 valence electrons. The van der Waals surface area contributed by atoms with Crippen molar-refractivity contribution in [3.8, 4) is 0 Å². The van der Waals surface area contributed by atoms with E-state index in [9.17, 15) is 9.59 Å². The predicted molar refractivity (Wildman–Crippen MR) is 89.2 cm³/mol. The zero-order valence-electron chi connectivity index (χ0n) is 12.2. The van der Waals surface area contributed by atoms with Crippen LogP contribution in [0.2, 0.25) is 0 Å². The summed E-state index contributed by atoms with van der Waals surface area (Å²) in [5.74, 6) is -0.375. The van der Waals surface area contributed by atoms with E-state index in [0.717, 1.165) is 10.6 Å². The molecule has 0 aliphatic carbocycles. The second kappa shape index (κ2) is 6.23. The molecule has 2 aromatic rings. The summed E-state index contributed by atoms with van der Waals surface area (Å²) in [6, 6.07) is 16.4. The summed E-state index contributed by atoms with van der Waals surface area (Å²) in [6.45, 7) is 0. The molecule has 22 heavy (non-hydrogen) atoms. The zero-order chi connectivity index (χ0) is 15.5. The molecule has 0 bridgehead atoms. The van der Waals surface area contributed by atoms with E-state index in [0.29, 0.717) is 5.69 Å². The van der Waals surface area contributed by atoms with Gasteiger partial charge in [-0.2, -0.15) is 0 Å². The second-order valence-corrected chi connectivity index (χ2v) is 5.92. The fraction of sp³-hybridized carbons (Fsp3) is 0.176. The number of para-hydroxylation sites is 1. The van der Waals surface area contributed by atoms with Crippen molar-refractivity contribution in [3.63, 3.8) is 0 Å². The molecular formula is C17H16N2O2S. The van der Waals surface area contributed by atoms with E-state index in [1.54, 1.807) is 23.9 Å². The van der Waals surface area contributed by atoms with Gasteiger partial charge in [0.05, 0.1) is 12.1 Å². The number of benzene rings is 2. The van der Waals surface area contributed by atoms with E-state index in [1.807, 2.05) is 48.7 Å². The Bertz CT molecular complexity index is 703. The molecule has 0 saturated carbocycles. The lowest BCUT2D eigenvalue weighted by atomic mass is 10.2. The standard InChI is InChI=1S/C17H16N2O2S/c1-22-14-9-5-6-12(10-14)18-15-11-16(20)19(17(15)21)13-7-3-2-4-8-13/h2-10,15,18H,11H2,1H3/t15-/m1/s1. The highest BCUT2D eigenvalue weighted by molar-refractivity contribution is 7.98. The first-order chi connectivity index (χ1) is 10.7. The van der Waals surface area contributed by atoms with Gasteiger partial charge in [0, 0.05) is 10.6 Å². The van der Waals surface area contributed by atoms with E-state index in [2.05, 4.69) is 5.32 Å². The first-order valence-electron chi connectivity index (χ1n) is 7.01. The molecule has 1 aliphatic heterocycles. The van der Waals surface area contributed by atoms with Gasteiger partial charge in [-0.1, -0.05) is 24.3 Å². The van der Waals surface area contributed by atoms with Gasteiger partial charge in [0.15, 0.2) is 0 Å². The van der Waals surface area contributed by atoms with E-state index >= 15 is 0 Å². The number of imide groups is 1. The maximum absolute atomic E-state index is 12.5. The lowest BCUT2D eigenvalue weighted by Gasteiger charge is -2.16. The molecule has 0 aromatic heterocycles. The average Bonchev–Trinajstić information content (AvgIpc) is 2.82. The average molecular weight is 312 g/mol. The maximum Gasteiger partial charge on any atom is 0.256 e. The van der Waals surface area contributed by atoms with Crippen molar-refractivity contribution in [2.75, 3.05) is 16.5 Å². The van der Waals surface area contributed by atoms with Crippen molar-refractivity contribution in [1.82, 2.24) is 0 Å². The van der Waals surface area contributed by atoms with Crippen LogP contribution in [0.1, 0.15) is 6.42 Å². The summed E-state index contributed by atoms with van der Waals surface area (Å²) < 4.78 is 0. The van der Waals surface area contributed by atoms with Gasteiger partial charge >= 0.3 is 0 Å². The number of hydrogen-bond acceptors (Lipinski definition) is 4. The normalized spacial score (nSPS) is 17.9.